The van der Waals surface area contributed by atoms with Gasteiger partial charge in [-0.25, -0.2) is 8.42 Å². The Morgan fingerprint density at radius 3 is 2.61 bits per heavy atom. The molecule has 2 bridgehead atoms. The van der Waals surface area contributed by atoms with Gasteiger partial charge in [-0.1, -0.05) is 13.8 Å². The highest BCUT2D eigenvalue weighted by atomic mass is 32.2. The summed E-state index contributed by atoms with van der Waals surface area (Å²) in [6.07, 6.45) is 4.62. The van der Waals surface area contributed by atoms with Crippen molar-refractivity contribution in [3.8, 4) is 0 Å². The molecule has 0 aromatic rings. The van der Waals surface area contributed by atoms with Crippen molar-refractivity contribution in [3.05, 3.63) is 0 Å². The highest BCUT2D eigenvalue weighted by Crippen LogP contribution is 2.64. The molecular weight excluding hydrogens is 312 g/mol. The fraction of sp³-hybridized carbons (Fsp3) is 0.941. The molecule has 0 N–H and O–H groups in total. The van der Waals surface area contributed by atoms with Gasteiger partial charge in [0.1, 0.15) is 5.78 Å². The average molecular weight is 340 g/mol. The van der Waals surface area contributed by atoms with Crippen LogP contribution in [0.4, 0.5) is 0 Å². The Hall–Kier alpha value is -0.460. The number of carbonyl (C=O) groups excluding carboxylic acids is 1. The van der Waals surface area contributed by atoms with Crippen molar-refractivity contribution in [2.24, 2.45) is 16.7 Å². The summed E-state index contributed by atoms with van der Waals surface area (Å²) in [6, 6.07) is 0.389. The van der Waals surface area contributed by atoms with Crippen molar-refractivity contribution >= 4 is 15.8 Å². The number of carbonyl (C=O) groups is 1. The lowest BCUT2D eigenvalue weighted by atomic mass is 9.70. The lowest BCUT2D eigenvalue weighted by Crippen LogP contribution is -2.54. The maximum Gasteiger partial charge on any atom is 0.215 e. The molecule has 0 aromatic heterocycles. The van der Waals surface area contributed by atoms with Gasteiger partial charge in [0.25, 0.3) is 0 Å². The second kappa shape index (κ2) is 5.02. The van der Waals surface area contributed by atoms with Crippen LogP contribution < -0.4 is 0 Å². The van der Waals surface area contributed by atoms with E-state index in [0.29, 0.717) is 31.5 Å². The molecule has 0 spiro atoms. The number of nitrogens with zero attached hydrogens (tertiary/aromatic N) is 2. The molecule has 5 nitrogen and oxygen atoms in total. The fourth-order valence-electron chi connectivity index (χ4n) is 5.73. The van der Waals surface area contributed by atoms with Gasteiger partial charge in [0.2, 0.25) is 10.0 Å². The van der Waals surface area contributed by atoms with Crippen LogP contribution >= 0.6 is 0 Å². The van der Waals surface area contributed by atoms with E-state index in [1.807, 2.05) is 0 Å². The first-order valence-corrected chi connectivity index (χ1v) is 10.6. The molecule has 0 unspecified atom stereocenters. The van der Waals surface area contributed by atoms with Crippen LogP contribution in [0.5, 0.6) is 0 Å². The van der Waals surface area contributed by atoms with E-state index >= 15 is 0 Å². The molecule has 2 saturated heterocycles. The number of hydrogen-bond donors (Lipinski definition) is 0. The second-order valence-corrected chi connectivity index (χ2v) is 10.6. The van der Waals surface area contributed by atoms with Gasteiger partial charge >= 0.3 is 0 Å². The molecular formula is C17H28N2O3S. The molecule has 4 rings (SSSR count). The Labute approximate surface area is 139 Å². The van der Waals surface area contributed by atoms with Gasteiger partial charge < -0.3 is 0 Å². The van der Waals surface area contributed by atoms with Gasteiger partial charge in [0.05, 0.1) is 5.75 Å². The smallest absolute Gasteiger partial charge is 0.215 e. The van der Waals surface area contributed by atoms with E-state index in [1.54, 1.807) is 4.31 Å². The Morgan fingerprint density at radius 1 is 1.17 bits per heavy atom. The number of ketones is 1. The van der Waals surface area contributed by atoms with Crippen LogP contribution in [0.25, 0.3) is 0 Å². The highest BCUT2D eigenvalue weighted by molar-refractivity contribution is 7.89. The van der Waals surface area contributed by atoms with Crippen molar-refractivity contribution in [2.75, 3.05) is 31.9 Å². The first-order valence-electron chi connectivity index (χ1n) is 9.01. The third-order valence-electron chi connectivity index (χ3n) is 7.51. The van der Waals surface area contributed by atoms with Crippen LogP contribution in [0.15, 0.2) is 0 Å². The maximum atomic E-state index is 13.1. The Kier molecular flexibility index (Phi) is 3.50. The van der Waals surface area contributed by atoms with Crippen LogP contribution in [-0.2, 0) is 14.8 Å². The number of fused-ring (bicyclic) bond motifs is 3. The van der Waals surface area contributed by atoms with E-state index in [-0.39, 0.29) is 17.0 Å². The molecule has 0 radical (unpaired) electrons. The SMILES string of the molecule is CC1(C)[C@H]2CC[C@@]1(CS(=O)(=O)N1CCN3CCC[C@H]3C1)C(=O)C2. The Bertz CT molecular complexity index is 630. The van der Waals surface area contributed by atoms with Gasteiger partial charge in [-0.15, -0.1) is 0 Å². The molecule has 4 fully saturated rings. The quantitative estimate of drug-likeness (QED) is 0.781. The highest BCUT2D eigenvalue weighted by Gasteiger charge is 2.65. The van der Waals surface area contributed by atoms with Gasteiger partial charge in [-0.05, 0) is 43.6 Å². The minimum atomic E-state index is -3.37. The molecule has 0 amide bonds. The van der Waals surface area contributed by atoms with Crippen LogP contribution in [0.2, 0.25) is 0 Å². The Morgan fingerprint density at radius 2 is 1.96 bits per heavy atom. The van der Waals surface area contributed by atoms with Gasteiger partial charge in [0.15, 0.2) is 0 Å². The zero-order chi connectivity index (χ0) is 16.5. The zero-order valence-electron chi connectivity index (χ0n) is 14.3. The third-order valence-corrected chi connectivity index (χ3v) is 9.49. The van der Waals surface area contributed by atoms with Gasteiger partial charge in [0, 0.05) is 37.5 Å². The standard InChI is InChI=1S/C17H28N2O3S/c1-16(2)13-5-6-17(16,15(20)10-13)12-23(21,22)19-9-8-18-7-3-4-14(18)11-19/h13-14H,3-12H2,1-2H3/t13-,14-,17+/m0/s1. The number of rotatable bonds is 3. The first-order chi connectivity index (χ1) is 10.8. The van der Waals surface area contributed by atoms with Crippen molar-refractivity contribution < 1.29 is 13.2 Å². The molecule has 0 aromatic carbocycles. The van der Waals surface area contributed by atoms with E-state index in [1.165, 1.54) is 6.42 Å². The van der Waals surface area contributed by atoms with Crippen LogP contribution in [0.3, 0.4) is 0 Å². The number of Topliss-reactive ketones (excluding diaryl/α,β-unsaturated/α-hetero) is 1. The number of sulfonamides is 1. The summed E-state index contributed by atoms with van der Waals surface area (Å²) in [5, 5.41) is 0. The predicted octanol–water partition coefficient (Wildman–Crippen LogP) is 1.49. The molecule has 2 aliphatic carbocycles. The largest absolute Gasteiger partial charge is 0.299 e. The monoisotopic (exact) mass is 340 g/mol. The van der Waals surface area contributed by atoms with Gasteiger partial charge in [-0.2, -0.15) is 4.31 Å². The lowest BCUT2D eigenvalue weighted by Gasteiger charge is -2.41. The molecule has 130 valence electrons. The molecule has 23 heavy (non-hydrogen) atoms. The topological polar surface area (TPSA) is 57.7 Å². The summed E-state index contributed by atoms with van der Waals surface area (Å²) in [5.74, 6) is 0.605. The summed E-state index contributed by atoms with van der Waals surface area (Å²) in [6.45, 7) is 7.38. The molecule has 3 atom stereocenters. The van der Waals surface area contributed by atoms with E-state index in [4.69, 9.17) is 0 Å². The third kappa shape index (κ3) is 2.17. The zero-order valence-corrected chi connectivity index (χ0v) is 15.1. The molecule has 2 aliphatic heterocycles. The Balaban J connectivity index is 1.57. The van der Waals surface area contributed by atoms with Crippen molar-refractivity contribution in [1.82, 2.24) is 9.21 Å². The summed E-state index contributed by atoms with van der Waals surface area (Å²) in [5.41, 5.74) is -0.810. The fourth-order valence-corrected chi connectivity index (χ4v) is 7.97. The van der Waals surface area contributed by atoms with Crippen molar-refractivity contribution in [3.63, 3.8) is 0 Å². The van der Waals surface area contributed by atoms with Crippen molar-refractivity contribution in [2.45, 2.75) is 52.0 Å². The van der Waals surface area contributed by atoms with E-state index in [9.17, 15) is 13.2 Å². The second-order valence-electron chi connectivity index (χ2n) is 8.61. The van der Waals surface area contributed by atoms with Gasteiger partial charge in [-0.3, -0.25) is 9.69 Å². The molecule has 2 saturated carbocycles. The summed E-state index contributed by atoms with van der Waals surface area (Å²) in [4.78, 5) is 15.0. The predicted molar refractivity (Wildman–Crippen MR) is 88.5 cm³/mol. The van der Waals surface area contributed by atoms with Crippen LogP contribution in [0, 0.1) is 16.7 Å². The summed E-state index contributed by atoms with van der Waals surface area (Å²) >= 11 is 0. The number of hydrogen-bond acceptors (Lipinski definition) is 4. The molecule has 6 heteroatoms. The number of piperazine rings is 1. The normalized spacial score (nSPS) is 40.7. The van der Waals surface area contributed by atoms with Crippen LogP contribution in [-0.4, -0.2) is 61.4 Å². The average Bonchev–Trinajstić information content (AvgIpc) is 3.08. The first kappa shape index (κ1) is 16.0. The molecule has 4 aliphatic rings. The van der Waals surface area contributed by atoms with E-state index in [2.05, 4.69) is 18.7 Å². The summed E-state index contributed by atoms with van der Waals surface area (Å²) in [7, 11) is -3.37. The van der Waals surface area contributed by atoms with E-state index in [0.717, 1.165) is 32.4 Å². The minimum Gasteiger partial charge on any atom is -0.299 e. The lowest BCUT2D eigenvalue weighted by molar-refractivity contribution is -0.128. The molecule has 2 heterocycles. The summed E-state index contributed by atoms with van der Waals surface area (Å²) < 4.78 is 27.9. The minimum absolute atomic E-state index is 0.0368. The van der Waals surface area contributed by atoms with Crippen molar-refractivity contribution in [1.29, 1.82) is 0 Å². The maximum absolute atomic E-state index is 13.1. The van der Waals surface area contributed by atoms with Crippen LogP contribution in [0.1, 0.15) is 46.0 Å². The van der Waals surface area contributed by atoms with E-state index < -0.39 is 15.4 Å².